The standard InChI is InChI=1S/C11H21NO/c1-3-11(8-4-5-8)12-9-6-10(7-9)13-2/h8-12H,3-7H2,1-2H3. The van der Waals surface area contributed by atoms with Gasteiger partial charge in [-0.3, -0.25) is 0 Å². The van der Waals surface area contributed by atoms with E-state index in [1.165, 1.54) is 32.1 Å². The first kappa shape index (κ1) is 9.47. The highest BCUT2D eigenvalue weighted by Crippen LogP contribution is 2.35. The van der Waals surface area contributed by atoms with Crippen LogP contribution in [0.5, 0.6) is 0 Å². The van der Waals surface area contributed by atoms with E-state index in [1.54, 1.807) is 0 Å². The molecule has 2 fully saturated rings. The summed E-state index contributed by atoms with van der Waals surface area (Å²) in [6.07, 6.45) is 7.17. The van der Waals surface area contributed by atoms with Gasteiger partial charge in [-0.05, 0) is 38.0 Å². The Labute approximate surface area is 81.0 Å². The minimum Gasteiger partial charge on any atom is -0.381 e. The third-order valence-electron chi connectivity index (χ3n) is 3.51. The van der Waals surface area contributed by atoms with Gasteiger partial charge in [-0.25, -0.2) is 0 Å². The molecule has 1 N–H and O–H groups in total. The topological polar surface area (TPSA) is 21.3 Å². The molecule has 2 nitrogen and oxygen atoms in total. The summed E-state index contributed by atoms with van der Waals surface area (Å²) in [5.41, 5.74) is 0. The zero-order valence-electron chi connectivity index (χ0n) is 8.75. The van der Waals surface area contributed by atoms with Gasteiger partial charge in [-0.2, -0.15) is 0 Å². The van der Waals surface area contributed by atoms with Gasteiger partial charge in [0.25, 0.3) is 0 Å². The highest BCUT2D eigenvalue weighted by molar-refractivity contribution is 4.92. The summed E-state index contributed by atoms with van der Waals surface area (Å²) in [5, 5.41) is 3.75. The Morgan fingerprint density at radius 3 is 2.54 bits per heavy atom. The van der Waals surface area contributed by atoms with Crippen LogP contribution in [0, 0.1) is 5.92 Å². The second kappa shape index (κ2) is 3.97. The molecular weight excluding hydrogens is 162 g/mol. The molecule has 13 heavy (non-hydrogen) atoms. The van der Waals surface area contributed by atoms with Crippen LogP contribution in [-0.2, 0) is 4.74 Å². The number of hydrogen-bond donors (Lipinski definition) is 1. The Bertz CT molecular complexity index is 161. The molecule has 2 rings (SSSR count). The van der Waals surface area contributed by atoms with Crippen molar-refractivity contribution in [2.45, 2.75) is 57.2 Å². The molecular formula is C11H21NO. The summed E-state index contributed by atoms with van der Waals surface area (Å²) < 4.78 is 5.27. The maximum absolute atomic E-state index is 5.27. The van der Waals surface area contributed by atoms with E-state index in [2.05, 4.69) is 12.2 Å². The number of hydrogen-bond acceptors (Lipinski definition) is 2. The van der Waals surface area contributed by atoms with E-state index in [9.17, 15) is 0 Å². The highest BCUT2D eigenvalue weighted by Gasteiger charge is 2.35. The Morgan fingerprint density at radius 2 is 2.08 bits per heavy atom. The van der Waals surface area contributed by atoms with Crippen molar-refractivity contribution in [3.63, 3.8) is 0 Å². The number of nitrogens with one attached hydrogen (secondary N) is 1. The van der Waals surface area contributed by atoms with Gasteiger partial charge in [-0.15, -0.1) is 0 Å². The number of methoxy groups -OCH3 is 1. The summed E-state index contributed by atoms with van der Waals surface area (Å²) in [4.78, 5) is 0. The maximum atomic E-state index is 5.27. The lowest BCUT2D eigenvalue weighted by Crippen LogP contribution is -2.49. The first-order chi connectivity index (χ1) is 6.33. The molecule has 0 saturated heterocycles. The van der Waals surface area contributed by atoms with E-state index in [-0.39, 0.29) is 0 Å². The molecule has 0 aliphatic heterocycles. The molecule has 1 atom stereocenters. The van der Waals surface area contributed by atoms with Crippen LogP contribution in [0.3, 0.4) is 0 Å². The Morgan fingerprint density at radius 1 is 1.38 bits per heavy atom. The van der Waals surface area contributed by atoms with Crippen LogP contribution in [0.25, 0.3) is 0 Å². The monoisotopic (exact) mass is 183 g/mol. The van der Waals surface area contributed by atoms with Crippen LogP contribution in [0.2, 0.25) is 0 Å². The van der Waals surface area contributed by atoms with Crippen LogP contribution < -0.4 is 5.32 Å². The molecule has 0 aromatic carbocycles. The molecule has 0 radical (unpaired) electrons. The van der Waals surface area contributed by atoms with Crippen LogP contribution in [0.15, 0.2) is 0 Å². The van der Waals surface area contributed by atoms with E-state index >= 15 is 0 Å². The second-order valence-electron chi connectivity index (χ2n) is 4.54. The SMILES string of the molecule is CCC(NC1CC(OC)C1)C1CC1. The van der Waals surface area contributed by atoms with Gasteiger partial charge >= 0.3 is 0 Å². The molecule has 2 heteroatoms. The molecule has 0 bridgehead atoms. The lowest BCUT2D eigenvalue weighted by atomic mass is 9.88. The molecule has 2 aliphatic rings. The number of ether oxygens (including phenoxy) is 1. The Kier molecular flexibility index (Phi) is 2.89. The molecule has 76 valence electrons. The van der Waals surface area contributed by atoms with Crippen LogP contribution >= 0.6 is 0 Å². The smallest absolute Gasteiger partial charge is 0.0601 e. The lowest BCUT2D eigenvalue weighted by Gasteiger charge is -2.37. The van der Waals surface area contributed by atoms with Gasteiger partial charge < -0.3 is 10.1 Å². The molecule has 0 aromatic rings. The highest BCUT2D eigenvalue weighted by atomic mass is 16.5. The van der Waals surface area contributed by atoms with Crippen LogP contribution in [0.4, 0.5) is 0 Å². The predicted octanol–water partition coefficient (Wildman–Crippen LogP) is 1.94. The van der Waals surface area contributed by atoms with Crippen molar-refractivity contribution >= 4 is 0 Å². The Hall–Kier alpha value is -0.0800. The van der Waals surface area contributed by atoms with Crippen LogP contribution in [0.1, 0.15) is 39.0 Å². The maximum Gasteiger partial charge on any atom is 0.0601 e. The average Bonchev–Trinajstić information content (AvgIpc) is 2.86. The van der Waals surface area contributed by atoms with Gasteiger partial charge in [-0.1, -0.05) is 6.92 Å². The van der Waals surface area contributed by atoms with Crippen molar-refractivity contribution in [3.8, 4) is 0 Å². The average molecular weight is 183 g/mol. The van der Waals surface area contributed by atoms with Gasteiger partial charge in [0.15, 0.2) is 0 Å². The lowest BCUT2D eigenvalue weighted by molar-refractivity contribution is 0.0132. The third kappa shape index (κ3) is 2.23. The van der Waals surface area contributed by atoms with E-state index in [0.29, 0.717) is 6.10 Å². The van der Waals surface area contributed by atoms with Crippen molar-refractivity contribution in [2.24, 2.45) is 5.92 Å². The van der Waals surface area contributed by atoms with Gasteiger partial charge in [0.2, 0.25) is 0 Å². The second-order valence-corrected chi connectivity index (χ2v) is 4.54. The summed E-state index contributed by atoms with van der Waals surface area (Å²) in [7, 11) is 1.82. The molecule has 0 aromatic heterocycles. The third-order valence-corrected chi connectivity index (χ3v) is 3.51. The summed E-state index contributed by atoms with van der Waals surface area (Å²) in [5.74, 6) is 0.992. The van der Waals surface area contributed by atoms with Gasteiger partial charge in [0, 0.05) is 19.2 Å². The molecule has 2 aliphatic carbocycles. The fraction of sp³-hybridized carbons (Fsp3) is 1.00. The first-order valence-corrected chi connectivity index (χ1v) is 5.62. The predicted molar refractivity (Wildman–Crippen MR) is 53.8 cm³/mol. The van der Waals surface area contributed by atoms with E-state index in [1.807, 2.05) is 7.11 Å². The molecule has 1 unspecified atom stereocenters. The molecule has 0 amide bonds. The number of rotatable bonds is 5. The normalized spacial score (nSPS) is 35.5. The van der Waals surface area contributed by atoms with Crippen molar-refractivity contribution in [3.05, 3.63) is 0 Å². The zero-order chi connectivity index (χ0) is 9.26. The summed E-state index contributed by atoms with van der Waals surface area (Å²) in [6.45, 7) is 2.29. The fourth-order valence-electron chi connectivity index (χ4n) is 2.28. The van der Waals surface area contributed by atoms with E-state index < -0.39 is 0 Å². The van der Waals surface area contributed by atoms with Crippen LogP contribution in [-0.4, -0.2) is 25.3 Å². The van der Waals surface area contributed by atoms with Gasteiger partial charge in [0.1, 0.15) is 0 Å². The first-order valence-electron chi connectivity index (χ1n) is 5.62. The molecule has 0 spiro atoms. The van der Waals surface area contributed by atoms with Crippen molar-refractivity contribution < 1.29 is 4.74 Å². The molecule has 0 heterocycles. The minimum absolute atomic E-state index is 0.536. The zero-order valence-corrected chi connectivity index (χ0v) is 8.75. The Balaban J connectivity index is 1.66. The van der Waals surface area contributed by atoms with Crippen molar-refractivity contribution in [1.82, 2.24) is 5.32 Å². The summed E-state index contributed by atoms with van der Waals surface area (Å²) >= 11 is 0. The quantitative estimate of drug-likeness (QED) is 0.703. The molecule has 2 saturated carbocycles. The summed E-state index contributed by atoms with van der Waals surface area (Å²) in [6, 6.07) is 1.54. The van der Waals surface area contributed by atoms with E-state index in [4.69, 9.17) is 4.74 Å². The van der Waals surface area contributed by atoms with E-state index in [0.717, 1.165) is 18.0 Å². The fourth-order valence-corrected chi connectivity index (χ4v) is 2.28. The van der Waals surface area contributed by atoms with Crippen molar-refractivity contribution in [2.75, 3.05) is 7.11 Å². The largest absolute Gasteiger partial charge is 0.381 e. The van der Waals surface area contributed by atoms with Crippen molar-refractivity contribution in [1.29, 1.82) is 0 Å². The minimum atomic E-state index is 0.536. The van der Waals surface area contributed by atoms with Gasteiger partial charge in [0.05, 0.1) is 6.10 Å².